The first-order valence-corrected chi connectivity index (χ1v) is 6.97. The monoisotopic (exact) mass is 265 g/mol. The molecule has 0 radical (unpaired) electrons. The first kappa shape index (κ1) is 14.1. The van der Waals surface area contributed by atoms with Crippen LogP contribution in [0.3, 0.4) is 0 Å². The van der Waals surface area contributed by atoms with Crippen LogP contribution in [0.25, 0.3) is 0 Å². The molecule has 0 aromatic carbocycles. The van der Waals surface area contributed by atoms with Gasteiger partial charge in [-0.1, -0.05) is 6.92 Å². The first-order valence-electron chi connectivity index (χ1n) is 6.97. The zero-order chi connectivity index (χ0) is 14.0. The van der Waals surface area contributed by atoms with Gasteiger partial charge in [-0.05, 0) is 38.7 Å². The lowest BCUT2D eigenvalue weighted by atomic mass is 9.98. The Bertz CT molecular complexity index is 465. The van der Waals surface area contributed by atoms with Crippen LogP contribution in [0, 0.1) is 0 Å². The Morgan fingerprint density at radius 1 is 1.47 bits per heavy atom. The van der Waals surface area contributed by atoms with E-state index in [-0.39, 0.29) is 5.91 Å². The van der Waals surface area contributed by atoms with Crippen LogP contribution in [0.15, 0.2) is 6.07 Å². The van der Waals surface area contributed by atoms with Crippen LogP contribution < -0.4 is 0 Å². The molecule has 1 N–H and O–H groups in total. The Morgan fingerprint density at radius 2 is 2.21 bits per heavy atom. The number of hydrogen-bond donors (Lipinski definition) is 1. The third-order valence-electron chi connectivity index (χ3n) is 3.86. The van der Waals surface area contributed by atoms with Gasteiger partial charge < -0.3 is 10.0 Å². The Balaban J connectivity index is 2.12. The smallest absolute Gasteiger partial charge is 0.272 e. The van der Waals surface area contributed by atoms with Crippen LogP contribution >= 0.6 is 0 Å². The van der Waals surface area contributed by atoms with Crippen molar-refractivity contribution in [3.63, 3.8) is 0 Å². The molecule has 0 saturated carbocycles. The predicted octanol–water partition coefficient (Wildman–Crippen LogP) is 1.36. The molecule has 1 aromatic rings. The summed E-state index contributed by atoms with van der Waals surface area (Å²) in [5.41, 5.74) is 0.932. The standard InChI is InChI=1S/C14H23N3O2/c1-4-11-10-12(16(3)15-11)13(18)17-8-5-6-14(2,19)7-9-17/h10,19H,4-9H2,1-3H3. The number of hydrogen-bond acceptors (Lipinski definition) is 3. The maximum absolute atomic E-state index is 12.5. The molecule has 1 aliphatic rings. The number of amides is 1. The minimum Gasteiger partial charge on any atom is -0.390 e. The Hall–Kier alpha value is -1.36. The number of carbonyl (C=O) groups is 1. The minimum atomic E-state index is -0.643. The van der Waals surface area contributed by atoms with Crippen molar-refractivity contribution in [2.75, 3.05) is 13.1 Å². The maximum atomic E-state index is 12.5. The fourth-order valence-corrected chi connectivity index (χ4v) is 2.53. The van der Waals surface area contributed by atoms with E-state index < -0.39 is 5.60 Å². The summed E-state index contributed by atoms with van der Waals surface area (Å²) in [4.78, 5) is 14.3. The molecule has 1 fully saturated rings. The van der Waals surface area contributed by atoms with Crippen LogP contribution in [0.1, 0.15) is 49.3 Å². The molecule has 1 aliphatic heterocycles. The largest absolute Gasteiger partial charge is 0.390 e. The molecule has 106 valence electrons. The van der Waals surface area contributed by atoms with E-state index in [9.17, 15) is 9.90 Å². The molecule has 0 spiro atoms. The number of rotatable bonds is 2. The van der Waals surface area contributed by atoms with Gasteiger partial charge in [-0.3, -0.25) is 9.48 Å². The van der Waals surface area contributed by atoms with E-state index in [1.807, 2.05) is 24.8 Å². The summed E-state index contributed by atoms with van der Waals surface area (Å²) in [6.07, 6.45) is 3.06. The highest BCUT2D eigenvalue weighted by Gasteiger charge is 2.28. The van der Waals surface area contributed by atoms with Crippen molar-refractivity contribution in [1.82, 2.24) is 14.7 Å². The average molecular weight is 265 g/mol. The number of aryl methyl sites for hydroxylation is 2. The van der Waals surface area contributed by atoms with Crippen LogP contribution in [-0.4, -0.2) is 44.4 Å². The Labute approximate surface area is 114 Å². The molecule has 0 bridgehead atoms. The van der Waals surface area contributed by atoms with Crippen LogP contribution in [-0.2, 0) is 13.5 Å². The van der Waals surface area contributed by atoms with Crippen molar-refractivity contribution in [1.29, 1.82) is 0 Å². The highest BCUT2D eigenvalue weighted by Crippen LogP contribution is 2.22. The zero-order valence-electron chi connectivity index (χ0n) is 12.0. The summed E-state index contributed by atoms with van der Waals surface area (Å²) in [6.45, 7) is 5.19. The number of aliphatic hydroxyl groups is 1. The van der Waals surface area contributed by atoms with E-state index in [1.54, 1.807) is 11.7 Å². The number of likely N-dealkylation sites (tertiary alicyclic amines) is 1. The highest BCUT2D eigenvalue weighted by molar-refractivity contribution is 5.92. The normalized spacial score (nSPS) is 24.3. The van der Waals surface area contributed by atoms with Crippen LogP contribution in [0.5, 0.6) is 0 Å². The van der Waals surface area contributed by atoms with E-state index >= 15 is 0 Å². The fraction of sp³-hybridized carbons (Fsp3) is 0.714. The Morgan fingerprint density at radius 3 is 2.84 bits per heavy atom. The first-order chi connectivity index (χ1) is 8.93. The van der Waals surface area contributed by atoms with Gasteiger partial charge in [-0.25, -0.2) is 0 Å². The number of carbonyl (C=O) groups excluding carboxylic acids is 1. The molecule has 5 heteroatoms. The summed E-state index contributed by atoms with van der Waals surface area (Å²) in [5.74, 6) is 0.0207. The molecule has 1 unspecified atom stereocenters. The van der Waals surface area contributed by atoms with Gasteiger partial charge in [0.05, 0.1) is 11.3 Å². The highest BCUT2D eigenvalue weighted by atomic mass is 16.3. The van der Waals surface area contributed by atoms with Gasteiger partial charge in [-0.15, -0.1) is 0 Å². The minimum absolute atomic E-state index is 0.0207. The average Bonchev–Trinajstić information content (AvgIpc) is 2.63. The van der Waals surface area contributed by atoms with E-state index in [0.717, 1.165) is 25.0 Å². The second-order valence-corrected chi connectivity index (χ2v) is 5.64. The number of aromatic nitrogens is 2. The van der Waals surface area contributed by atoms with Gasteiger partial charge in [0.2, 0.25) is 0 Å². The summed E-state index contributed by atoms with van der Waals surface area (Å²) < 4.78 is 1.66. The summed E-state index contributed by atoms with van der Waals surface area (Å²) >= 11 is 0. The van der Waals surface area contributed by atoms with Crippen molar-refractivity contribution >= 4 is 5.91 Å². The van der Waals surface area contributed by atoms with E-state index in [4.69, 9.17) is 0 Å². The molecule has 0 aliphatic carbocycles. The fourth-order valence-electron chi connectivity index (χ4n) is 2.53. The molecule has 1 atom stereocenters. The lowest BCUT2D eigenvalue weighted by molar-refractivity contribution is 0.0437. The SMILES string of the molecule is CCc1cc(C(=O)N2CCCC(C)(O)CC2)n(C)n1. The maximum Gasteiger partial charge on any atom is 0.272 e. The van der Waals surface area contributed by atoms with Gasteiger partial charge in [0.25, 0.3) is 5.91 Å². The van der Waals surface area contributed by atoms with Crippen molar-refractivity contribution in [2.24, 2.45) is 7.05 Å². The molecular formula is C14H23N3O2. The van der Waals surface area contributed by atoms with Gasteiger partial charge >= 0.3 is 0 Å². The molecule has 1 aromatic heterocycles. The van der Waals surface area contributed by atoms with Crippen molar-refractivity contribution < 1.29 is 9.90 Å². The van der Waals surface area contributed by atoms with Crippen LogP contribution in [0.2, 0.25) is 0 Å². The van der Waals surface area contributed by atoms with Crippen molar-refractivity contribution in [3.05, 3.63) is 17.5 Å². The topological polar surface area (TPSA) is 58.4 Å². The second-order valence-electron chi connectivity index (χ2n) is 5.64. The Kier molecular flexibility index (Phi) is 3.94. The number of nitrogens with zero attached hydrogens (tertiary/aromatic N) is 3. The molecule has 1 amide bonds. The van der Waals surface area contributed by atoms with Gasteiger partial charge in [-0.2, -0.15) is 5.10 Å². The lowest BCUT2D eigenvalue weighted by Gasteiger charge is -2.22. The summed E-state index contributed by atoms with van der Waals surface area (Å²) in [7, 11) is 1.81. The third kappa shape index (κ3) is 3.15. The van der Waals surface area contributed by atoms with Gasteiger partial charge in [0, 0.05) is 20.1 Å². The van der Waals surface area contributed by atoms with E-state index in [1.165, 1.54) is 0 Å². The summed E-state index contributed by atoms with van der Waals surface area (Å²) in [6, 6.07) is 1.87. The quantitative estimate of drug-likeness (QED) is 0.878. The zero-order valence-corrected chi connectivity index (χ0v) is 12.0. The van der Waals surface area contributed by atoms with Crippen LogP contribution in [0.4, 0.5) is 0 Å². The lowest BCUT2D eigenvalue weighted by Crippen LogP contribution is -2.34. The summed E-state index contributed by atoms with van der Waals surface area (Å²) in [5, 5.41) is 14.4. The van der Waals surface area contributed by atoms with E-state index in [0.29, 0.717) is 25.2 Å². The second kappa shape index (κ2) is 5.33. The van der Waals surface area contributed by atoms with Crippen molar-refractivity contribution in [2.45, 2.75) is 45.1 Å². The molecule has 2 rings (SSSR count). The predicted molar refractivity (Wildman–Crippen MR) is 73.0 cm³/mol. The van der Waals surface area contributed by atoms with Gasteiger partial charge in [0.1, 0.15) is 5.69 Å². The van der Waals surface area contributed by atoms with E-state index in [2.05, 4.69) is 5.10 Å². The molecule has 1 saturated heterocycles. The van der Waals surface area contributed by atoms with Gasteiger partial charge in [0.15, 0.2) is 0 Å². The molecular weight excluding hydrogens is 242 g/mol. The molecule has 2 heterocycles. The van der Waals surface area contributed by atoms with Crippen molar-refractivity contribution in [3.8, 4) is 0 Å². The molecule has 19 heavy (non-hydrogen) atoms. The third-order valence-corrected chi connectivity index (χ3v) is 3.86. The molecule has 5 nitrogen and oxygen atoms in total.